The highest BCUT2D eigenvalue weighted by atomic mass is 15.0. The minimum absolute atomic E-state index is 0.0856. The van der Waals surface area contributed by atoms with Gasteiger partial charge in [-0.25, -0.2) is 19.8 Å². The molecule has 8 heteroatoms. The summed E-state index contributed by atoms with van der Waals surface area (Å²) in [5, 5.41) is 25.3. The lowest BCUT2D eigenvalue weighted by Crippen LogP contribution is -2.10. The Bertz CT molecular complexity index is 4780. The molecule has 13 aromatic rings. The lowest BCUT2D eigenvalue weighted by atomic mass is 9.85. The zero-order valence-corrected chi connectivity index (χ0v) is 53.2. The van der Waals surface area contributed by atoms with E-state index in [0.717, 1.165) is 83.5 Å². The Hall–Kier alpha value is -10.7. The molecule has 0 spiro atoms. The Labute approximate surface area is 527 Å². The number of fused-ring (bicyclic) bond motifs is 6. The summed E-state index contributed by atoms with van der Waals surface area (Å²) in [6.07, 6.45) is 0. The highest BCUT2D eigenvalue weighted by molar-refractivity contribution is 6.11. The number of benzene rings is 10. The minimum atomic E-state index is -0.0856. The first-order valence-corrected chi connectivity index (χ1v) is 30.8. The van der Waals surface area contributed by atoms with Crippen LogP contribution in [0.3, 0.4) is 0 Å². The van der Waals surface area contributed by atoms with Crippen LogP contribution < -0.4 is 0 Å². The van der Waals surface area contributed by atoms with E-state index in [1.54, 1.807) is 0 Å². The second-order valence-electron chi connectivity index (χ2n) is 28.1. The molecule has 0 radical (unpaired) electrons. The molecule has 3 heterocycles. The molecule has 0 amide bonds. The SMILES string of the molecule is [C-]#[N+]c1cccc(-c2ccc(-c3nc(-c4cc(-c5cccc(C#N)c5)cc(-n5c6ccc(C(C)(C)C)cc6c6cc(C(C)(C)C)ccc65)c4)nc(-c4cc(-c5cccc(C#N)c5)cc(-n5c6ccc(C(C)(C)C)cc6c6cc(C(C)(C)C)ccc65)c4)n3)cc2)c1. The van der Waals surface area contributed by atoms with E-state index in [-0.39, 0.29) is 21.7 Å². The minimum Gasteiger partial charge on any atom is -0.309 e. The first-order valence-electron chi connectivity index (χ1n) is 30.8. The van der Waals surface area contributed by atoms with Crippen molar-refractivity contribution < 1.29 is 0 Å². The Morgan fingerprint density at radius 1 is 0.322 bits per heavy atom. The predicted molar refractivity (Wildman–Crippen MR) is 372 cm³/mol. The normalized spacial score (nSPS) is 12.2. The maximum absolute atomic E-state index is 10.3. The van der Waals surface area contributed by atoms with Crippen molar-refractivity contribution in [2.24, 2.45) is 0 Å². The zero-order chi connectivity index (χ0) is 63.2. The van der Waals surface area contributed by atoms with Crippen molar-refractivity contribution in [1.29, 1.82) is 10.5 Å². The number of hydrogen-bond acceptors (Lipinski definition) is 5. The van der Waals surface area contributed by atoms with Gasteiger partial charge in [-0.3, -0.25) is 0 Å². The van der Waals surface area contributed by atoms with Gasteiger partial charge in [0.25, 0.3) is 0 Å². The van der Waals surface area contributed by atoms with E-state index in [4.69, 9.17) is 21.5 Å². The Morgan fingerprint density at radius 3 is 0.989 bits per heavy atom. The van der Waals surface area contributed by atoms with Gasteiger partial charge in [-0.2, -0.15) is 10.5 Å². The monoisotopic (exact) mass is 1170 g/mol. The molecule has 0 bridgehead atoms. The van der Waals surface area contributed by atoms with Crippen LogP contribution in [0.25, 0.3) is 127 Å². The lowest BCUT2D eigenvalue weighted by molar-refractivity contribution is 0.590. The first kappa shape index (κ1) is 58.3. The number of nitriles is 2. The Kier molecular flexibility index (Phi) is 14.2. The summed E-state index contributed by atoms with van der Waals surface area (Å²) >= 11 is 0. The highest BCUT2D eigenvalue weighted by Crippen LogP contribution is 2.43. The topological polar surface area (TPSA) is 100 Å². The van der Waals surface area contributed by atoms with Crippen LogP contribution >= 0.6 is 0 Å². The van der Waals surface area contributed by atoms with Gasteiger partial charge in [-0.1, -0.05) is 174 Å². The average Bonchev–Trinajstić information content (AvgIpc) is 1.58. The standard InChI is InChI=1S/C82H70N8/c1-79(2,3)61-27-31-72-68(44-61)69-45-62(80(4,5)6)28-32-73(69)89(72)66-40-57(54-19-14-17-50(35-54)48-83)37-59(42-66)77-86-76(53-25-23-52(24-26-53)56-21-16-22-65(39-56)85-13)87-78(88-77)60-38-58(55-20-15-18-51(36-55)49-84)41-67(43-60)90-74-33-29-63(81(7,8)9)46-70(74)71-47-64(82(10,11)12)30-34-75(71)90/h14-47H,1-12H3. The molecule has 438 valence electrons. The molecule has 0 aliphatic heterocycles. The molecule has 0 aliphatic carbocycles. The third-order valence-electron chi connectivity index (χ3n) is 17.6. The fraction of sp³-hybridized carbons (Fsp3) is 0.195. The van der Waals surface area contributed by atoms with E-state index in [0.29, 0.717) is 34.3 Å². The van der Waals surface area contributed by atoms with Gasteiger partial charge in [0.2, 0.25) is 0 Å². The van der Waals surface area contributed by atoms with Crippen LogP contribution in [0.15, 0.2) is 206 Å². The third kappa shape index (κ3) is 10.9. The number of rotatable bonds is 8. The van der Waals surface area contributed by atoms with Gasteiger partial charge in [0.05, 0.1) is 51.9 Å². The molecule has 0 N–H and O–H groups in total. The molecule has 0 saturated heterocycles. The molecule has 13 rings (SSSR count). The average molecular weight is 1170 g/mol. The Morgan fingerprint density at radius 2 is 0.644 bits per heavy atom. The van der Waals surface area contributed by atoms with Gasteiger partial charge < -0.3 is 9.13 Å². The molecule has 3 aromatic heterocycles. The van der Waals surface area contributed by atoms with Crippen molar-refractivity contribution in [1.82, 2.24) is 24.1 Å². The van der Waals surface area contributed by atoms with Crippen molar-refractivity contribution in [2.75, 3.05) is 0 Å². The fourth-order valence-corrected chi connectivity index (χ4v) is 12.4. The second-order valence-corrected chi connectivity index (χ2v) is 28.1. The summed E-state index contributed by atoms with van der Waals surface area (Å²) in [5.41, 5.74) is 20.1. The maximum Gasteiger partial charge on any atom is 0.187 e. The van der Waals surface area contributed by atoms with Crippen LogP contribution in [0.5, 0.6) is 0 Å². The summed E-state index contributed by atoms with van der Waals surface area (Å²) in [4.78, 5) is 20.2. The second kappa shape index (κ2) is 21.8. The molecule has 0 saturated carbocycles. The van der Waals surface area contributed by atoms with Gasteiger partial charge in [-0.05, 0) is 193 Å². The van der Waals surface area contributed by atoms with Crippen LogP contribution in [0.2, 0.25) is 0 Å². The maximum atomic E-state index is 10.3. The zero-order valence-electron chi connectivity index (χ0n) is 53.2. The summed E-state index contributed by atoms with van der Waals surface area (Å²) < 4.78 is 4.72. The summed E-state index contributed by atoms with van der Waals surface area (Å²) in [6, 6.07) is 76.7. The van der Waals surface area contributed by atoms with E-state index in [2.05, 4.69) is 243 Å². The summed E-state index contributed by atoms with van der Waals surface area (Å²) in [5.74, 6) is 1.37. The van der Waals surface area contributed by atoms with Crippen molar-refractivity contribution >= 4 is 49.3 Å². The van der Waals surface area contributed by atoms with E-state index < -0.39 is 0 Å². The number of nitrogens with zero attached hydrogens (tertiary/aromatic N) is 8. The molecule has 0 fully saturated rings. The molecule has 90 heavy (non-hydrogen) atoms. The fourth-order valence-electron chi connectivity index (χ4n) is 12.4. The quantitative estimate of drug-likeness (QED) is 0.141. The molecule has 10 aromatic carbocycles. The van der Waals surface area contributed by atoms with Crippen molar-refractivity contribution in [3.8, 4) is 91.1 Å². The third-order valence-corrected chi connectivity index (χ3v) is 17.6. The van der Waals surface area contributed by atoms with E-state index in [9.17, 15) is 10.5 Å². The molecule has 0 aliphatic rings. The van der Waals surface area contributed by atoms with Gasteiger partial charge in [0, 0.05) is 49.6 Å². The molecular weight excluding hydrogens is 1100 g/mol. The predicted octanol–water partition coefficient (Wildman–Crippen LogP) is 21.6. The largest absolute Gasteiger partial charge is 0.309 e. The van der Waals surface area contributed by atoms with Crippen molar-refractivity contribution in [3.05, 3.63) is 251 Å². The van der Waals surface area contributed by atoms with Crippen molar-refractivity contribution in [3.63, 3.8) is 0 Å². The summed E-state index contributed by atoms with van der Waals surface area (Å²) in [6.45, 7) is 34.9. The number of hydrogen-bond donors (Lipinski definition) is 0. The smallest absolute Gasteiger partial charge is 0.187 e. The van der Waals surface area contributed by atoms with Gasteiger partial charge in [0.1, 0.15) is 0 Å². The molecule has 0 unspecified atom stereocenters. The van der Waals surface area contributed by atoms with Crippen LogP contribution in [-0.4, -0.2) is 24.1 Å². The van der Waals surface area contributed by atoms with Crippen LogP contribution in [0, 0.1) is 29.2 Å². The first-order chi connectivity index (χ1) is 42.9. The van der Waals surface area contributed by atoms with Crippen LogP contribution in [-0.2, 0) is 21.7 Å². The molecular formula is C82H70N8. The van der Waals surface area contributed by atoms with E-state index >= 15 is 0 Å². The number of aromatic nitrogens is 5. The van der Waals surface area contributed by atoms with Crippen LogP contribution in [0.4, 0.5) is 5.69 Å². The van der Waals surface area contributed by atoms with Gasteiger partial charge in [0.15, 0.2) is 23.2 Å². The summed E-state index contributed by atoms with van der Waals surface area (Å²) in [7, 11) is 0. The van der Waals surface area contributed by atoms with Gasteiger partial charge >= 0.3 is 0 Å². The van der Waals surface area contributed by atoms with E-state index in [1.807, 2.05) is 72.8 Å². The highest BCUT2D eigenvalue weighted by Gasteiger charge is 2.26. The van der Waals surface area contributed by atoms with Crippen molar-refractivity contribution in [2.45, 2.75) is 105 Å². The lowest BCUT2D eigenvalue weighted by Gasteiger charge is -2.19. The van der Waals surface area contributed by atoms with E-state index in [1.165, 1.54) is 43.8 Å². The van der Waals surface area contributed by atoms with Crippen LogP contribution in [0.1, 0.15) is 116 Å². The van der Waals surface area contributed by atoms with Gasteiger partial charge in [-0.15, -0.1) is 0 Å². The Balaban J connectivity index is 1.10. The molecule has 8 nitrogen and oxygen atoms in total. The molecule has 0 atom stereocenters.